The largest absolute Gasteiger partial charge is 0.463 e. The average molecular weight is 306 g/mol. The minimum atomic E-state index is -1.70. The van der Waals surface area contributed by atoms with Crippen LogP contribution in [0.2, 0.25) is 0 Å². The Kier molecular flexibility index (Phi) is 6.72. The van der Waals surface area contributed by atoms with Gasteiger partial charge in [0.1, 0.15) is 31.0 Å². The molecule has 0 bridgehead atoms. The Hall–Kier alpha value is -1.52. The topological polar surface area (TPSA) is 143 Å². The number of esters is 2. The van der Waals surface area contributed by atoms with Gasteiger partial charge in [0, 0.05) is 0 Å². The molecule has 0 aromatic rings. The second kappa shape index (κ2) is 8.05. The highest BCUT2D eigenvalue weighted by Crippen LogP contribution is 2.20. The SMILES string of the molecule is C=COC(=O)CCC(=O)OC[C@H]1O[C@H](O)[C@H](O)[C@@H](O)[C@H]1O. The fourth-order valence-electron chi connectivity index (χ4n) is 1.67. The maximum atomic E-state index is 11.4. The molecule has 0 aromatic heterocycles. The molecule has 9 nitrogen and oxygen atoms in total. The Balaban J connectivity index is 2.35. The molecule has 0 radical (unpaired) electrons. The Morgan fingerprint density at radius 3 is 2.29 bits per heavy atom. The summed E-state index contributed by atoms with van der Waals surface area (Å²) in [7, 11) is 0. The summed E-state index contributed by atoms with van der Waals surface area (Å²) in [6.07, 6.45) is -7.21. The van der Waals surface area contributed by atoms with E-state index in [0.717, 1.165) is 6.26 Å². The van der Waals surface area contributed by atoms with Gasteiger partial charge in [-0.3, -0.25) is 9.59 Å². The van der Waals surface area contributed by atoms with Crippen molar-refractivity contribution in [2.75, 3.05) is 6.61 Å². The summed E-state index contributed by atoms with van der Waals surface area (Å²) < 4.78 is 14.0. The smallest absolute Gasteiger partial charge is 0.311 e. The van der Waals surface area contributed by atoms with Gasteiger partial charge in [-0.1, -0.05) is 6.58 Å². The van der Waals surface area contributed by atoms with Gasteiger partial charge in [-0.2, -0.15) is 0 Å². The molecule has 1 heterocycles. The number of aliphatic hydroxyl groups excluding tert-OH is 4. The Morgan fingerprint density at radius 1 is 1.05 bits per heavy atom. The number of hydrogen-bond donors (Lipinski definition) is 4. The Labute approximate surface area is 120 Å². The predicted molar refractivity (Wildman–Crippen MR) is 65.4 cm³/mol. The highest BCUT2D eigenvalue weighted by Gasteiger charge is 2.43. The summed E-state index contributed by atoms with van der Waals surface area (Å²) in [5, 5.41) is 37.6. The predicted octanol–water partition coefficient (Wildman–Crippen LogP) is -2.20. The normalized spacial score (nSPS) is 32.3. The van der Waals surface area contributed by atoms with E-state index in [9.17, 15) is 30.0 Å². The zero-order chi connectivity index (χ0) is 16.0. The lowest BCUT2D eigenvalue weighted by Crippen LogP contribution is -2.58. The van der Waals surface area contributed by atoms with Crippen LogP contribution in [0.1, 0.15) is 12.8 Å². The van der Waals surface area contributed by atoms with Gasteiger partial charge in [-0.15, -0.1) is 0 Å². The third-order valence-corrected chi connectivity index (χ3v) is 2.84. The van der Waals surface area contributed by atoms with Crippen molar-refractivity contribution in [3.05, 3.63) is 12.8 Å². The highest BCUT2D eigenvalue weighted by molar-refractivity contribution is 5.77. The molecule has 21 heavy (non-hydrogen) atoms. The second-order valence-electron chi connectivity index (χ2n) is 4.38. The van der Waals surface area contributed by atoms with Crippen LogP contribution in [0.4, 0.5) is 0 Å². The number of carbonyl (C=O) groups excluding carboxylic acids is 2. The first kappa shape index (κ1) is 17.5. The first-order valence-electron chi connectivity index (χ1n) is 6.20. The van der Waals surface area contributed by atoms with Crippen LogP contribution in [0, 0.1) is 0 Å². The number of hydrogen-bond acceptors (Lipinski definition) is 9. The second-order valence-corrected chi connectivity index (χ2v) is 4.38. The standard InChI is InChI=1S/C12H18O9/c1-2-19-7(13)3-4-8(14)20-5-6-9(15)10(16)11(17)12(18)21-6/h2,6,9-12,15-18H,1,3-5H2/t6-,9+,10+,11-,12+/m1/s1. The first-order chi connectivity index (χ1) is 9.86. The monoisotopic (exact) mass is 306 g/mol. The molecule has 0 aliphatic carbocycles. The molecule has 4 N–H and O–H groups in total. The van der Waals surface area contributed by atoms with E-state index in [-0.39, 0.29) is 12.8 Å². The van der Waals surface area contributed by atoms with Crippen LogP contribution >= 0.6 is 0 Å². The van der Waals surface area contributed by atoms with Crippen LogP contribution in [0.15, 0.2) is 12.8 Å². The molecule has 1 aliphatic heterocycles. The molecule has 0 unspecified atom stereocenters. The molecule has 1 aliphatic rings. The van der Waals surface area contributed by atoms with E-state index in [1.165, 1.54) is 0 Å². The van der Waals surface area contributed by atoms with Gasteiger partial charge in [0.05, 0.1) is 19.1 Å². The van der Waals surface area contributed by atoms with Crippen LogP contribution in [-0.2, 0) is 23.8 Å². The third-order valence-electron chi connectivity index (χ3n) is 2.84. The lowest BCUT2D eigenvalue weighted by molar-refractivity contribution is -0.287. The van der Waals surface area contributed by atoms with Crippen molar-refractivity contribution < 1.29 is 44.2 Å². The maximum Gasteiger partial charge on any atom is 0.311 e. The van der Waals surface area contributed by atoms with E-state index in [2.05, 4.69) is 11.3 Å². The number of carbonyl (C=O) groups is 2. The van der Waals surface area contributed by atoms with Crippen LogP contribution in [0.25, 0.3) is 0 Å². The van der Waals surface area contributed by atoms with Gasteiger partial charge in [-0.25, -0.2) is 0 Å². The van der Waals surface area contributed by atoms with Gasteiger partial charge in [0.25, 0.3) is 0 Å². The van der Waals surface area contributed by atoms with Gasteiger partial charge in [-0.05, 0) is 0 Å². The molecule has 1 saturated heterocycles. The van der Waals surface area contributed by atoms with Crippen LogP contribution in [0.5, 0.6) is 0 Å². The zero-order valence-corrected chi connectivity index (χ0v) is 11.1. The molecule has 0 aromatic carbocycles. The van der Waals surface area contributed by atoms with Crippen molar-refractivity contribution in [3.8, 4) is 0 Å². The van der Waals surface area contributed by atoms with E-state index >= 15 is 0 Å². The van der Waals surface area contributed by atoms with E-state index in [4.69, 9.17) is 9.47 Å². The lowest BCUT2D eigenvalue weighted by atomic mass is 9.99. The first-order valence-corrected chi connectivity index (χ1v) is 6.20. The van der Waals surface area contributed by atoms with E-state index in [1.54, 1.807) is 0 Å². The number of aliphatic hydroxyl groups is 4. The van der Waals surface area contributed by atoms with E-state index in [1.807, 2.05) is 0 Å². The molecule has 1 fully saturated rings. The maximum absolute atomic E-state index is 11.4. The molecule has 120 valence electrons. The van der Waals surface area contributed by atoms with Gasteiger partial charge in [0.15, 0.2) is 6.29 Å². The molecule has 0 amide bonds. The summed E-state index contributed by atoms with van der Waals surface area (Å²) in [5.74, 6) is -1.40. The summed E-state index contributed by atoms with van der Waals surface area (Å²) in [5.41, 5.74) is 0. The van der Waals surface area contributed by atoms with Crippen LogP contribution < -0.4 is 0 Å². The quantitative estimate of drug-likeness (QED) is 0.317. The van der Waals surface area contributed by atoms with Crippen molar-refractivity contribution in [1.29, 1.82) is 0 Å². The Morgan fingerprint density at radius 2 is 1.67 bits per heavy atom. The van der Waals surface area contributed by atoms with Crippen molar-refractivity contribution in [2.45, 2.75) is 43.5 Å². The summed E-state index contributed by atoms with van der Waals surface area (Å²) in [4.78, 5) is 22.3. The van der Waals surface area contributed by atoms with Crippen molar-refractivity contribution in [1.82, 2.24) is 0 Å². The molecule has 0 saturated carbocycles. The molecular weight excluding hydrogens is 288 g/mol. The lowest BCUT2D eigenvalue weighted by Gasteiger charge is -2.37. The Bertz CT molecular complexity index is 383. The van der Waals surface area contributed by atoms with Crippen LogP contribution in [0.3, 0.4) is 0 Å². The van der Waals surface area contributed by atoms with E-state index in [0.29, 0.717) is 0 Å². The average Bonchev–Trinajstić information content (AvgIpc) is 2.45. The molecular formula is C12H18O9. The van der Waals surface area contributed by atoms with Gasteiger partial charge < -0.3 is 34.6 Å². The molecule has 5 atom stereocenters. The van der Waals surface area contributed by atoms with Gasteiger partial charge in [0.2, 0.25) is 0 Å². The third kappa shape index (κ3) is 5.06. The van der Waals surface area contributed by atoms with Crippen molar-refractivity contribution >= 4 is 11.9 Å². The minimum Gasteiger partial charge on any atom is -0.463 e. The minimum absolute atomic E-state index is 0.205. The van der Waals surface area contributed by atoms with Gasteiger partial charge >= 0.3 is 11.9 Å². The number of rotatable bonds is 6. The van der Waals surface area contributed by atoms with E-state index < -0.39 is 49.3 Å². The van der Waals surface area contributed by atoms with Crippen LogP contribution in [-0.4, -0.2) is 69.7 Å². The zero-order valence-electron chi connectivity index (χ0n) is 11.1. The molecule has 0 spiro atoms. The fourth-order valence-corrected chi connectivity index (χ4v) is 1.67. The molecule has 9 heteroatoms. The van der Waals surface area contributed by atoms with Crippen molar-refractivity contribution in [3.63, 3.8) is 0 Å². The summed E-state index contributed by atoms with van der Waals surface area (Å²) in [6.45, 7) is 2.74. The summed E-state index contributed by atoms with van der Waals surface area (Å²) in [6, 6.07) is 0. The fraction of sp³-hybridized carbons (Fsp3) is 0.667. The number of ether oxygens (including phenoxy) is 3. The molecule has 1 rings (SSSR count). The summed E-state index contributed by atoms with van der Waals surface area (Å²) >= 11 is 0. The van der Waals surface area contributed by atoms with Crippen molar-refractivity contribution in [2.24, 2.45) is 0 Å². The highest BCUT2D eigenvalue weighted by atomic mass is 16.6.